The fourth-order valence-electron chi connectivity index (χ4n) is 2.24. The predicted octanol–water partition coefficient (Wildman–Crippen LogP) is 3.66. The quantitative estimate of drug-likeness (QED) is 0.777. The third-order valence-corrected chi connectivity index (χ3v) is 3.77. The molecule has 0 saturated heterocycles. The molecule has 3 heteroatoms. The lowest BCUT2D eigenvalue weighted by Crippen LogP contribution is -2.17. The number of aryl methyl sites for hydroxylation is 1. The molecule has 0 radical (unpaired) electrons. The van der Waals surface area contributed by atoms with Gasteiger partial charge in [-0.25, -0.2) is 0 Å². The smallest absolute Gasteiger partial charge is 0.304 e. The average Bonchev–Trinajstić information content (AvgIpc) is 3.14. The predicted molar refractivity (Wildman–Crippen MR) is 74.5 cm³/mol. The van der Waals surface area contributed by atoms with Crippen LogP contribution < -0.4 is 4.74 Å². The molecule has 104 valence electrons. The molecule has 1 N–H and O–H groups in total. The van der Waals surface area contributed by atoms with E-state index in [2.05, 4.69) is 19.1 Å². The van der Waals surface area contributed by atoms with E-state index in [1.165, 1.54) is 18.4 Å². The van der Waals surface area contributed by atoms with Gasteiger partial charge in [0.2, 0.25) is 0 Å². The highest BCUT2D eigenvalue weighted by Gasteiger charge is 2.45. The summed E-state index contributed by atoms with van der Waals surface area (Å²) in [4.78, 5) is 10.8. The van der Waals surface area contributed by atoms with Crippen LogP contribution in [0.25, 0.3) is 0 Å². The van der Waals surface area contributed by atoms with Crippen LogP contribution in [0, 0.1) is 5.41 Å². The Bertz CT molecular complexity index is 418. The van der Waals surface area contributed by atoms with Crippen LogP contribution in [0.15, 0.2) is 24.3 Å². The largest absolute Gasteiger partial charge is 0.493 e. The molecule has 2 rings (SSSR count). The minimum absolute atomic E-state index is 0.104. The molecule has 0 aromatic heterocycles. The number of hydrogen-bond donors (Lipinski definition) is 1. The Morgan fingerprint density at radius 3 is 2.53 bits per heavy atom. The molecule has 1 saturated carbocycles. The third-order valence-electron chi connectivity index (χ3n) is 3.77. The van der Waals surface area contributed by atoms with Crippen LogP contribution in [0.2, 0.25) is 0 Å². The average molecular weight is 262 g/mol. The van der Waals surface area contributed by atoms with Crippen molar-refractivity contribution < 1.29 is 14.6 Å². The van der Waals surface area contributed by atoms with Gasteiger partial charge in [-0.2, -0.15) is 0 Å². The summed E-state index contributed by atoms with van der Waals surface area (Å²) in [6, 6.07) is 8.17. The molecule has 19 heavy (non-hydrogen) atoms. The molecule has 1 aromatic rings. The highest BCUT2D eigenvalue weighted by atomic mass is 16.5. The topological polar surface area (TPSA) is 46.5 Å². The van der Waals surface area contributed by atoms with Gasteiger partial charge in [-0.3, -0.25) is 4.79 Å². The summed E-state index contributed by atoms with van der Waals surface area (Å²) in [5.74, 6) is 0.118. The standard InChI is InChI=1S/C16H22O3/c1-2-3-4-13-5-7-14(8-6-13)19-12-16(9-10-16)11-15(17)18/h5-8H,2-4,9-12H2,1H3,(H,17,18). The summed E-state index contributed by atoms with van der Waals surface area (Å²) < 4.78 is 5.73. The van der Waals surface area contributed by atoms with Gasteiger partial charge in [0.25, 0.3) is 0 Å². The Morgan fingerprint density at radius 1 is 1.32 bits per heavy atom. The molecule has 1 aliphatic rings. The number of unbranched alkanes of at least 4 members (excludes halogenated alkanes) is 1. The van der Waals surface area contributed by atoms with Gasteiger partial charge in [0.05, 0.1) is 13.0 Å². The maximum Gasteiger partial charge on any atom is 0.304 e. The highest BCUT2D eigenvalue weighted by Crippen LogP contribution is 2.48. The Kier molecular flexibility index (Phi) is 4.46. The van der Waals surface area contributed by atoms with E-state index in [4.69, 9.17) is 9.84 Å². The van der Waals surface area contributed by atoms with E-state index in [0.717, 1.165) is 25.0 Å². The lowest BCUT2D eigenvalue weighted by atomic mass is 10.0. The fourth-order valence-corrected chi connectivity index (χ4v) is 2.24. The van der Waals surface area contributed by atoms with Crippen molar-refractivity contribution in [2.45, 2.75) is 45.4 Å². The second kappa shape index (κ2) is 6.09. The first-order chi connectivity index (χ1) is 9.13. The molecule has 0 bridgehead atoms. The number of rotatable bonds is 8. The lowest BCUT2D eigenvalue weighted by Gasteiger charge is -2.14. The minimum atomic E-state index is -0.726. The van der Waals surface area contributed by atoms with Crippen LogP contribution in [0.3, 0.4) is 0 Å². The zero-order valence-electron chi connectivity index (χ0n) is 11.5. The van der Waals surface area contributed by atoms with Crippen LogP contribution in [-0.4, -0.2) is 17.7 Å². The van der Waals surface area contributed by atoms with Crippen LogP contribution in [0.5, 0.6) is 5.75 Å². The molecule has 0 heterocycles. The summed E-state index contributed by atoms with van der Waals surface area (Å²) >= 11 is 0. The van der Waals surface area contributed by atoms with Crippen LogP contribution >= 0.6 is 0 Å². The van der Waals surface area contributed by atoms with E-state index < -0.39 is 5.97 Å². The van der Waals surface area contributed by atoms with Crippen molar-refractivity contribution in [3.8, 4) is 5.75 Å². The molecule has 1 aliphatic carbocycles. The number of carboxylic acids is 1. The number of hydrogen-bond acceptors (Lipinski definition) is 2. The molecular formula is C16H22O3. The van der Waals surface area contributed by atoms with E-state index in [-0.39, 0.29) is 11.8 Å². The zero-order valence-corrected chi connectivity index (χ0v) is 11.5. The first-order valence-corrected chi connectivity index (χ1v) is 7.07. The van der Waals surface area contributed by atoms with Crippen molar-refractivity contribution in [2.24, 2.45) is 5.41 Å². The van der Waals surface area contributed by atoms with Gasteiger partial charge in [0.15, 0.2) is 0 Å². The van der Waals surface area contributed by atoms with Crippen molar-refractivity contribution in [1.29, 1.82) is 0 Å². The van der Waals surface area contributed by atoms with E-state index >= 15 is 0 Å². The van der Waals surface area contributed by atoms with Crippen LogP contribution in [0.4, 0.5) is 0 Å². The molecule has 0 aliphatic heterocycles. The van der Waals surface area contributed by atoms with Gasteiger partial charge in [0.1, 0.15) is 5.75 Å². The number of carbonyl (C=O) groups is 1. The first kappa shape index (κ1) is 13.9. The molecule has 0 amide bonds. The normalized spacial score (nSPS) is 16.1. The number of carboxylic acid groups (broad SMARTS) is 1. The number of aliphatic carboxylic acids is 1. The number of ether oxygens (including phenoxy) is 1. The van der Waals surface area contributed by atoms with Crippen LogP contribution in [0.1, 0.15) is 44.6 Å². The van der Waals surface area contributed by atoms with Gasteiger partial charge in [0, 0.05) is 5.41 Å². The maximum absolute atomic E-state index is 10.8. The van der Waals surface area contributed by atoms with Gasteiger partial charge in [-0.15, -0.1) is 0 Å². The van der Waals surface area contributed by atoms with Crippen LogP contribution in [-0.2, 0) is 11.2 Å². The Labute approximate surface area is 114 Å². The van der Waals surface area contributed by atoms with E-state index in [0.29, 0.717) is 6.61 Å². The molecule has 0 atom stereocenters. The Morgan fingerprint density at radius 2 is 2.00 bits per heavy atom. The Balaban J connectivity index is 1.81. The zero-order chi connectivity index (χ0) is 13.7. The summed E-state index contributed by atoms with van der Waals surface area (Å²) in [7, 11) is 0. The molecule has 3 nitrogen and oxygen atoms in total. The van der Waals surface area contributed by atoms with Crippen molar-refractivity contribution in [1.82, 2.24) is 0 Å². The van der Waals surface area contributed by atoms with Gasteiger partial charge in [-0.1, -0.05) is 25.5 Å². The molecular weight excluding hydrogens is 240 g/mol. The SMILES string of the molecule is CCCCc1ccc(OCC2(CC(=O)O)CC2)cc1. The molecule has 1 aromatic carbocycles. The molecule has 1 fully saturated rings. The second-order valence-electron chi connectivity index (χ2n) is 5.61. The first-order valence-electron chi connectivity index (χ1n) is 7.07. The maximum atomic E-state index is 10.8. The van der Waals surface area contributed by atoms with Crippen molar-refractivity contribution >= 4 is 5.97 Å². The highest BCUT2D eigenvalue weighted by molar-refractivity contribution is 5.68. The molecule has 0 spiro atoms. The summed E-state index contributed by atoms with van der Waals surface area (Å²) in [6.07, 6.45) is 5.68. The summed E-state index contributed by atoms with van der Waals surface area (Å²) in [5, 5.41) is 8.85. The molecule has 0 unspecified atom stereocenters. The number of benzene rings is 1. The monoisotopic (exact) mass is 262 g/mol. The lowest BCUT2D eigenvalue weighted by molar-refractivity contribution is -0.138. The van der Waals surface area contributed by atoms with E-state index in [1.807, 2.05) is 12.1 Å². The summed E-state index contributed by atoms with van der Waals surface area (Å²) in [5.41, 5.74) is 1.23. The van der Waals surface area contributed by atoms with Gasteiger partial charge >= 0.3 is 5.97 Å². The fraction of sp³-hybridized carbons (Fsp3) is 0.562. The van der Waals surface area contributed by atoms with Gasteiger partial charge < -0.3 is 9.84 Å². The third kappa shape index (κ3) is 4.27. The Hall–Kier alpha value is -1.51. The van der Waals surface area contributed by atoms with Crippen molar-refractivity contribution in [2.75, 3.05) is 6.61 Å². The van der Waals surface area contributed by atoms with Crippen molar-refractivity contribution in [3.63, 3.8) is 0 Å². The second-order valence-corrected chi connectivity index (χ2v) is 5.61. The van der Waals surface area contributed by atoms with Crippen molar-refractivity contribution in [3.05, 3.63) is 29.8 Å². The van der Waals surface area contributed by atoms with E-state index in [1.54, 1.807) is 0 Å². The summed E-state index contributed by atoms with van der Waals surface area (Å²) in [6.45, 7) is 2.71. The van der Waals surface area contributed by atoms with E-state index in [9.17, 15) is 4.79 Å². The minimum Gasteiger partial charge on any atom is -0.493 e. The van der Waals surface area contributed by atoms with Gasteiger partial charge in [-0.05, 0) is 43.4 Å².